The van der Waals surface area contributed by atoms with Gasteiger partial charge >= 0.3 is 0 Å². The highest BCUT2D eigenvalue weighted by atomic mass is 33.1. The van der Waals surface area contributed by atoms with Gasteiger partial charge in [0.15, 0.2) is 0 Å². The number of hydrogen-bond acceptors (Lipinski definition) is 3. The van der Waals surface area contributed by atoms with E-state index in [9.17, 15) is 4.79 Å². The molecule has 0 aliphatic carbocycles. The lowest BCUT2D eigenvalue weighted by atomic mass is 10.1. The van der Waals surface area contributed by atoms with Crippen molar-refractivity contribution < 1.29 is 4.79 Å². The van der Waals surface area contributed by atoms with Crippen LogP contribution < -0.4 is 0 Å². The first-order valence-corrected chi connectivity index (χ1v) is 9.66. The van der Waals surface area contributed by atoms with Crippen molar-refractivity contribution in [1.82, 2.24) is 4.90 Å². The van der Waals surface area contributed by atoms with Crippen LogP contribution in [0.3, 0.4) is 0 Å². The summed E-state index contributed by atoms with van der Waals surface area (Å²) in [6.45, 7) is 4.38. The summed E-state index contributed by atoms with van der Waals surface area (Å²) in [5.41, 5.74) is 0. The van der Waals surface area contributed by atoms with Crippen molar-refractivity contribution in [3.63, 3.8) is 0 Å². The fraction of sp³-hybridized carbons (Fsp3) is 0.929. The molecule has 0 radical (unpaired) electrons. The molecule has 4 heteroatoms. The Morgan fingerprint density at radius 1 is 1.17 bits per heavy atom. The molecule has 3 atom stereocenters. The average Bonchev–Trinajstić information content (AvgIpc) is 2.95. The summed E-state index contributed by atoms with van der Waals surface area (Å²) in [5.74, 6) is 1.71. The third-order valence-electron chi connectivity index (χ3n) is 4.13. The number of amides is 1. The monoisotopic (exact) mass is 287 g/mol. The maximum atomic E-state index is 12.2. The Morgan fingerprint density at radius 2 is 1.89 bits per heavy atom. The van der Waals surface area contributed by atoms with Gasteiger partial charge in [-0.3, -0.25) is 4.79 Å². The summed E-state index contributed by atoms with van der Waals surface area (Å²) in [6.07, 6.45) is 8.10. The van der Waals surface area contributed by atoms with Crippen molar-refractivity contribution in [2.24, 2.45) is 0 Å². The Hall–Kier alpha value is 0.170. The molecular formula is C14H25NOS2. The molecule has 1 amide bonds. The van der Waals surface area contributed by atoms with E-state index in [1.807, 2.05) is 21.6 Å². The van der Waals surface area contributed by atoms with E-state index in [0.717, 1.165) is 18.1 Å². The van der Waals surface area contributed by atoms with Gasteiger partial charge in [0.05, 0.1) is 0 Å². The molecule has 2 fully saturated rings. The summed E-state index contributed by atoms with van der Waals surface area (Å²) in [5, 5.41) is 0.856. The van der Waals surface area contributed by atoms with Crippen LogP contribution in [0.1, 0.15) is 58.8 Å². The zero-order chi connectivity index (χ0) is 13.0. The highest BCUT2D eigenvalue weighted by Crippen LogP contribution is 2.39. The van der Waals surface area contributed by atoms with E-state index in [0.29, 0.717) is 18.0 Å². The van der Waals surface area contributed by atoms with Gasteiger partial charge in [-0.1, -0.05) is 28.0 Å². The second-order valence-electron chi connectivity index (χ2n) is 5.65. The van der Waals surface area contributed by atoms with Crippen molar-refractivity contribution >= 4 is 27.5 Å². The van der Waals surface area contributed by atoms with Crippen LogP contribution in [-0.4, -0.2) is 33.9 Å². The van der Waals surface area contributed by atoms with Gasteiger partial charge in [-0.2, -0.15) is 0 Å². The number of carbonyl (C=O) groups excluding carboxylic acids is 1. The van der Waals surface area contributed by atoms with Crippen molar-refractivity contribution in [2.45, 2.75) is 76.1 Å². The maximum Gasteiger partial charge on any atom is 0.223 e. The van der Waals surface area contributed by atoms with E-state index in [-0.39, 0.29) is 0 Å². The molecule has 2 saturated heterocycles. The van der Waals surface area contributed by atoms with Gasteiger partial charge in [0.25, 0.3) is 0 Å². The Bertz CT molecular complexity index is 269. The number of unbranched alkanes of at least 4 members (excludes halogenated alkanes) is 1. The quantitative estimate of drug-likeness (QED) is 0.561. The van der Waals surface area contributed by atoms with Crippen LogP contribution in [0.4, 0.5) is 0 Å². The van der Waals surface area contributed by atoms with E-state index in [1.54, 1.807) is 0 Å². The zero-order valence-electron chi connectivity index (χ0n) is 11.6. The SMILES string of the molecule is C[C@@H]1CC[C@@H](C)N1C(=O)CCCC[C@H]1CCSS1. The second kappa shape index (κ2) is 7.09. The molecule has 2 aliphatic heterocycles. The number of likely N-dealkylation sites (tertiary alicyclic amines) is 1. The summed E-state index contributed by atoms with van der Waals surface area (Å²) >= 11 is 0. The molecule has 0 aromatic carbocycles. The topological polar surface area (TPSA) is 20.3 Å². The molecule has 0 N–H and O–H groups in total. The molecule has 0 saturated carbocycles. The highest BCUT2D eigenvalue weighted by molar-refractivity contribution is 8.77. The normalized spacial score (nSPS) is 32.1. The Morgan fingerprint density at radius 3 is 2.50 bits per heavy atom. The predicted octanol–water partition coefficient (Wildman–Crippen LogP) is 4.10. The number of hydrogen-bond donors (Lipinski definition) is 0. The third kappa shape index (κ3) is 3.83. The Kier molecular flexibility index (Phi) is 5.74. The van der Waals surface area contributed by atoms with Gasteiger partial charge in [0.2, 0.25) is 5.91 Å². The fourth-order valence-electron chi connectivity index (χ4n) is 3.03. The summed E-state index contributed by atoms with van der Waals surface area (Å²) < 4.78 is 0. The van der Waals surface area contributed by atoms with Crippen LogP contribution in [0.25, 0.3) is 0 Å². The Balaban J connectivity index is 1.62. The van der Waals surface area contributed by atoms with Gasteiger partial charge in [-0.25, -0.2) is 0 Å². The minimum Gasteiger partial charge on any atom is -0.337 e. The zero-order valence-corrected chi connectivity index (χ0v) is 13.2. The van der Waals surface area contributed by atoms with Gasteiger partial charge in [-0.15, -0.1) is 0 Å². The van der Waals surface area contributed by atoms with Crippen LogP contribution >= 0.6 is 21.6 Å². The minimum absolute atomic E-state index is 0.390. The van der Waals surface area contributed by atoms with Crippen molar-refractivity contribution in [1.29, 1.82) is 0 Å². The lowest BCUT2D eigenvalue weighted by molar-refractivity contribution is -0.133. The average molecular weight is 287 g/mol. The molecular weight excluding hydrogens is 262 g/mol. The summed E-state index contributed by atoms with van der Waals surface area (Å²) in [4.78, 5) is 14.3. The smallest absolute Gasteiger partial charge is 0.223 e. The highest BCUT2D eigenvalue weighted by Gasteiger charge is 2.30. The van der Waals surface area contributed by atoms with Crippen LogP contribution in [0.2, 0.25) is 0 Å². The van der Waals surface area contributed by atoms with Crippen molar-refractivity contribution in [2.75, 3.05) is 5.75 Å². The Labute approximate surface area is 119 Å². The molecule has 0 unspecified atom stereocenters. The fourth-order valence-corrected chi connectivity index (χ4v) is 6.06. The molecule has 2 heterocycles. The largest absolute Gasteiger partial charge is 0.337 e. The van der Waals surface area contributed by atoms with E-state index in [2.05, 4.69) is 18.7 Å². The molecule has 104 valence electrons. The van der Waals surface area contributed by atoms with Gasteiger partial charge in [0.1, 0.15) is 0 Å². The first-order chi connectivity index (χ1) is 8.68. The number of rotatable bonds is 5. The maximum absolute atomic E-state index is 12.2. The lowest BCUT2D eigenvalue weighted by Crippen LogP contribution is -2.38. The molecule has 0 aromatic rings. The van der Waals surface area contributed by atoms with Crippen molar-refractivity contribution in [3.05, 3.63) is 0 Å². The van der Waals surface area contributed by atoms with E-state index in [1.165, 1.54) is 37.9 Å². The van der Waals surface area contributed by atoms with E-state index < -0.39 is 0 Å². The second-order valence-corrected chi connectivity index (χ2v) is 8.44. The predicted molar refractivity (Wildman–Crippen MR) is 81.9 cm³/mol. The van der Waals surface area contributed by atoms with Gasteiger partial charge in [-0.05, 0) is 46.0 Å². The first-order valence-electron chi connectivity index (χ1n) is 7.28. The van der Waals surface area contributed by atoms with Crippen LogP contribution in [-0.2, 0) is 4.79 Å². The molecule has 0 spiro atoms. The van der Waals surface area contributed by atoms with Gasteiger partial charge < -0.3 is 4.90 Å². The minimum atomic E-state index is 0.390. The van der Waals surface area contributed by atoms with E-state index in [4.69, 9.17) is 0 Å². The van der Waals surface area contributed by atoms with Crippen LogP contribution in [0.15, 0.2) is 0 Å². The molecule has 0 aromatic heterocycles. The molecule has 2 rings (SSSR count). The number of carbonyl (C=O) groups is 1. The van der Waals surface area contributed by atoms with Crippen LogP contribution in [0.5, 0.6) is 0 Å². The summed E-state index contributed by atoms with van der Waals surface area (Å²) in [6, 6.07) is 0.934. The van der Waals surface area contributed by atoms with E-state index >= 15 is 0 Å². The molecule has 0 bridgehead atoms. The third-order valence-corrected chi connectivity index (χ3v) is 7.14. The molecule has 2 aliphatic rings. The van der Waals surface area contributed by atoms with Crippen molar-refractivity contribution in [3.8, 4) is 0 Å². The summed E-state index contributed by atoms with van der Waals surface area (Å²) in [7, 11) is 4.06. The standard InChI is InChI=1S/C14H25NOS2/c1-11-7-8-12(2)15(11)14(16)6-4-3-5-13-9-10-17-18-13/h11-13H,3-10H2,1-2H3/t11-,12-,13+/m1/s1. The first kappa shape index (κ1) is 14.6. The number of nitrogens with zero attached hydrogens (tertiary/aromatic N) is 1. The molecule has 2 nitrogen and oxygen atoms in total. The lowest BCUT2D eigenvalue weighted by Gasteiger charge is -2.26. The molecule has 18 heavy (non-hydrogen) atoms. The van der Waals surface area contributed by atoms with Gasteiger partial charge in [0, 0.05) is 29.5 Å². The van der Waals surface area contributed by atoms with Crippen LogP contribution in [0, 0.1) is 0 Å².